The molecule has 0 N–H and O–H groups in total. The molecular formula is C15H18. The number of hydrogen-bond donors (Lipinski definition) is 0. The fraction of sp³-hybridized carbons (Fsp3) is 0.667. The van der Waals surface area contributed by atoms with Crippen molar-refractivity contribution >= 4 is 0 Å². The Kier molecular flexibility index (Phi) is 1.62. The Morgan fingerprint density at radius 1 is 0.933 bits per heavy atom. The zero-order chi connectivity index (χ0) is 9.83. The third-order valence-electron chi connectivity index (χ3n) is 4.85. The molecule has 0 heterocycles. The maximum Gasteiger partial charge on any atom is 0.00168 e. The van der Waals surface area contributed by atoms with Crippen molar-refractivity contribution in [1.82, 2.24) is 0 Å². The van der Waals surface area contributed by atoms with E-state index in [0.29, 0.717) is 0 Å². The van der Waals surface area contributed by atoms with Crippen LogP contribution in [0, 0.1) is 23.7 Å². The van der Waals surface area contributed by atoms with Crippen LogP contribution in [-0.4, -0.2) is 0 Å². The van der Waals surface area contributed by atoms with E-state index in [2.05, 4.69) is 17.9 Å². The summed E-state index contributed by atoms with van der Waals surface area (Å²) in [5.74, 6) is 3.70. The lowest BCUT2D eigenvalue weighted by atomic mass is 9.95. The highest BCUT2D eigenvalue weighted by Gasteiger charge is 2.59. The van der Waals surface area contributed by atoms with E-state index < -0.39 is 0 Å². The minimum atomic E-state index is 0.909. The normalized spacial score (nSPS) is 45.6. The van der Waals surface area contributed by atoms with Crippen LogP contribution in [0.15, 0.2) is 29.0 Å². The maximum atomic E-state index is 3.79. The summed E-state index contributed by atoms with van der Waals surface area (Å²) >= 11 is 0. The predicted molar refractivity (Wildman–Crippen MR) is 61.3 cm³/mol. The van der Waals surface area contributed by atoms with Gasteiger partial charge in [0.1, 0.15) is 0 Å². The second-order valence-corrected chi connectivity index (χ2v) is 5.74. The van der Waals surface area contributed by atoms with Gasteiger partial charge in [0.05, 0.1) is 0 Å². The van der Waals surface area contributed by atoms with Crippen molar-refractivity contribution in [1.29, 1.82) is 0 Å². The molecule has 15 heavy (non-hydrogen) atoms. The van der Waals surface area contributed by atoms with Crippen molar-refractivity contribution in [3.05, 3.63) is 29.0 Å². The van der Waals surface area contributed by atoms with Crippen molar-refractivity contribution in [3.63, 3.8) is 0 Å². The fourth-order valence-corrected chi connectivity index (χ4v) is 4.06. The maximum absolute atomic E-state index is 3.79. The molecule has 0 spiro atoms. The number of hydrogen-bond acceptors (Lipinski definition) is 0. The van der Waals surface area contributed by atoms with Gasteiger partial charge >= 0.3 is 0 Å². The van der Waals surface area contributed by atoms with Crippen LogP contribution in [0.4, 0.5) is 0 Å². The quantitative estimate of drug-likeness (QED) is 0.409. The summed E-state index contributed by atoms with van der Waals surface area (Å²) in [6.07, 6.45) is 13.3. The summed E-state index contributed by atoms with van der Waals surface area (Å²) in [4.78, 5) is 0. The van der Waals surface area contributed by atoms with Gasteiger partial charge in [-0.2, -0.15) is 0 Å². The number of allylic oxidation sites excluding steroid dienone is 3. The molecule has 0 aliphatic heterocycles. The van der Waals surface area contributed by atoms with Gasteiger partial charge in [-0.05, 0) is 55.1 Å². The van der Waals surface area contributed by atoms with Crippen LogP contribution >= 0.6 is 0 Å². The molecule has 2 bridgehead atoms. The van der Waals surface area contributed by atoms with Crippen molar-refractivity contribution in [2.24, 2.45) is 23.7 Å². The molecule has 4 atom stereocenters. The Morgan fingerprint density at radius 3 is 2.27 bits per heavy atom. The molecular weight excluding hydrogens is 180 g/mol. The zero-order valence-corrected chi connectivity index (χ0v) is 9.21. The van der Waals surface area contributed by atoms with Crippen LogP contribution in [0.2, 0.25) is 0 Å². The molecule has 3 fully saturated rings. The van der Waals surface area contributed by atoms with Gasteiger partial charge < -0.3 is 0 Å². The molecule has 4 aliphatic rings. The average molecular weight is 198 g/mol. The summed E-state index contributed by atoms with van der Waals surface area (Å²) < 4.78 is 0. The van der Waals surface area contributed by atoms with E-state index >= 15 is 0 Å². The Morgan fingerprint density at radius 2 is 1.60 bits per heavy atom. The Hall–Kier alpha value is -0.740. The largest absolute Gasteiger partial charge is 0.122 e. The van der Waals surface area contributed by atoms with E-state index in [0.717, 1.165) is 23.7 Å². The first kappa shape index (κ1) is 8.42. The van der Waals surface area contributed by atoms with E-state index in [1.165, 1.54) is 38.5 Å². The lowest BCUT2D eigenvalue weighted by molar-refractivity contribution is 0.596. The van der Waals surface area contributed by atoms with Gasteiger partial charge in [0.25, 0.3) is 0 Å². The fourth-order valence-electron chi connectivity index (χ4n) is 4.06. The monoisotopic (exact) mass is 198 g/mol. The minimum absolute atomic E-state index is 0.909. The molecule has 4 aliphatic carbocycles. The van der Waals surface area contributed by atoms with E-state index in [-0.39, 0.29) is 0 Å². The van der Waals surface area contributed by atoms with Crippen molar-refractivity contribution in [2.45, 2.75) is 38.5 Å². The van der Waals surface area contributed by atoms with E-state index in [1.54, 1.807) is 11.1 Å². The molecule has 0 aromatic carbocycles. The first-order chi connectivity index (χ1) is 7.43. The van der Waals surface area contributed by atoms with Crippen molar-refractivity contribution < 1.29 is 0 Å². The third-order valence-corrected chi connectivity index (χ3v) is 4.85. The highest BCUT2D eigenvalue weighted by molar-refractivity contribution is 5.42. The van der Waals surface area contributed by atoms with Gasteiger partial charge in [-0.3, -0.25) is 0 Å². The molecule has 78 valence electrons. The molecule has 3 saturated carbocycles. The lowest BCUT2D eigenvalue weighted by Crippen LogP contribution is -1.94. The summed E-state index contributed by atoms with van der Waals surface area (Å²) in [5, 5.41) is 0. The SMILES string of the molecule is C(=C1CCCCC1)=C1[C@@H]2[C@H]1[C@H]1C=C[C@@H]2C1. The second-order valence-electron chi connectivity index (χ2n) is 5.74. The molecule has 0 nitrogen and oxygen atoms in total. The second kappa shape index (κ2) is 2.89. The Balaban J connectivity index is 1.64. The average Bonchev–Trinajstić information content (AvgIpc) is 2.71. The molecule has 0 radical (unpaired) electrons. The first-order valence-corrected chi connectivity index (χ1v) is 6.60. The highest BCUT2D eigenvalue weighted by Crippen LogP contribution is 2.66. The molecule has 0 aromatic heterocycles. The standard InChI is InChI=1S/C15H18/c1-2-4-10(5-3-1)8-13-14-11-6-7-12(9-11)15(13)14/h6-7,11-12,14-15H,1-5,9H2/t11-,12+,14-,15+. The highest BCUT2D eigenvalue weighted by atomic mass is 14.6. The van der Waals surface area contributed by atoms with Gasteiger partial charge in [0.15, 0.2) is 0 Å². The summed E-state index contributed by atoms with van der Waals surface area (Å²) in [5.41, 5.74) is 7.14. The summed E-state index contributed by atoms with van der Waals surface area (Å²) in [6, 6.07) is 0. The summed E-state index contributed by atoms with van der Waals surface area (Å²) in [7, 11) is 0. The molecule has 4 rings (SSSR count). The molecule has 0 aromatic rings. The van der Waals surface area contributed by atoms with Gasteiger partial charge in [-0.15, -0.1) is 5.73 Å². The van der Waals surface area contributed by atoms with E-state index in [4.69, 9.17) is 0 Å². The molecule has 0 heteroatoms. The Labute approximate surface area is 91.8 Å². The zero-order valence-electron chi connectivity index (χ0n) is 9.21. The molecule has 0 saturated heterocycles. The van der Waals surface area contributed by atoms with Crippen LogP contribution in [0.3, 0.4) is 0 Å². The topological polar surface area (TPSA) is 0 Å². The van der Waals surface area contributed by atoms with E-state index in [9.17, 15) is 0 Å². The lowest BCUT2D eigenvalue weighted by Gasteiger charge is -2.10. The van der Waals surface area contributed by atoms with E-state index in [1.807, 2.05) is 0 Å². The van der Waals surface area contributed by atoms with Crippen LogP contribution in [-0.2, 0) is 0 Å². The van der Waals surface area contributed by atoms with Crippen LogP contribution in [0.25, 0.3) is 0 Å². The van der Waals surface area contributed by atoms with Crippen molar-refractivity contribution in [3.8, 4) is 0 Å². The van der Waals surface area contributed by atoms with Gasteiger partial charge in [-0.25, -0.2) is 0 Å². The number of fused-ring (bicyclic) bond motifs is 5. The first-order valence-electron chi connectivity index (χ1n) is 6.60. The number of rotatable bonds is 0. The smallest absolute Gasteiger partial charge is 0.00168 e. The van der Waals surface area contributed by atoms with Crippen LogP contribution in [0.5, 0.6) is 0 Å². The van der Waals surface area contributed by atoms with Crippen molar-refractivity contribution in [2.75, 3.05) is 0 Å². The predicted octanol–water partition coefficient (Wildman–Crippen LogP) is 3.85. The van der Waals surface area contributed by atoms with Gasteiger partial charge in [-0.1, -0.05) is 18.6 Å². The van der Waals surface area contributed by atoms with Gasteiger partial charge in [0, 0.05) is 11.8 Å². The summed E-state index contributed by atoms with van der Waals surface area (Å²) in [6.45, 7) is 0. The van der Waals surface area contributed by atoms with Crippen LogP contribution < -0.4 is 0 Å². The van der Waals surface area contributed by atoms with Crippen LogP contribution in [0.1, 0.15) is 38.5 Å². The molecule has 0 unspecified atom stereocenters. The minimum Gasteiger partial charge on any atom is -0.122 e. The van der Waals surface area contributed by atoms with Gasteiger partial charge in [0.2, 0.25) is 0 Å². The third kappa shape index (κ3) is 1.15. The Bertz CT molecular complexity index is 364. The molecule has 0 amide bonds.